The van der Waals surface area contributed by atoms with Crippen LogP contribution in [0.4, 0.5) is 0 Å². The van der Waals surface area contributed by atoms with Gasteiger partial charge in [-0.2, -0.15) is 0 Å². The standard InChI is InChI=1S/C18H22N4O3/c1-3-15-10-16(21-25-15)18(24)22-8-4-5-17(22)13-6-7-19-14(9-13)11-20-12(2)23/h6-7,9-10,17H,3-5,8,11H2,1-2H3,(H,20,23)/t17-/m1/s1. The predicted octanol–water partition coefficient (Wildman–Crippen LogP) is 2.25. The number of aryl methyl sites for hydroxylation is 1. The smallest absolute Gasteiger partial charge is 0.276 e. The molecule has 2 aromatic rings. The maximum Gasteiger partial charge on any atom is 0.276 e. The van der Waals surface area contributed by atoms with Crippen LogP contribution in [-0.4, -0.2) is 33.4 Å². The predicted molar refractivity (Wildman–Crippen MR) is 90.7 cm³/mol. The Labute approximate surface area is 146 Å². The molecule has 1 fully saturated rings. The van der Waals surface area contributed by atoms with E-state index in [0.29, 0.717) is 31.0 Å². The van der Waals surface area contributed by atoms with Crippen molar-refractivity contribution in [1.29, 1.82) is 0 Å². The van der Waals surface area contributed by atoms with Crippen molar-refractivity contribution in [2.75, 3.05) is 6.54 Å². The van der Waals surface area contributed by atoms with Gasteiger partial charge in [-0.15, -0.1) is 0 Å². The van der Waals surface area contributed by atoms with Gasteiger partial charge in [0.25, 0.3) is 5.91 Å². The van der Waals surface area contributed by atoms with Gasteiger partial charge in [-0.05, 0) is 30.5 Å². The van der Waals surface area contributed by atoms with E-state index in [1.807, 2.05) is 24.0 Å². The maximum absolute atomic E-state index is 12.8. The van der Waals surface area contributed by atoms with Crippen LogP contribution in [0.5, 0.6) is 0 Å². The van der Waals surface area contributed by atoms with Gasteiger partial charge in [0.05, 0.1) is 18.3 Å². The van der Waals surface area contributed by atoms with Gasteiger partial charge in [0.15, 0.2) is 5.69 Å². The van der Waals surface area contributed by atoms with Crippen molar-refractivity contribution in [2.24, 2.45) is 0 Å². The summed E-state index contributed by atoms with van der Waals surface area (Å²) in [6.45, 7) is 4.51. The van der Waals surface area contributed by atoms with Gasteiger partial charge in [-0.25, -0.2) is 0 Å². The number of aromatic nitrogens is 2. The Balaban J connectivity index is 1.78. The Hall–Kier alpha value is -2.70. The molecule has 0 aromatic carbocycles. The summed E-state index contributed by atoms with van der Waals surface area (Å²) >= 11 is 0. The molecular formula is C18H22N4O3. The third kappa shape index (κ3) is 3.87. The van der Waals surface area contributed by atoms with Crippen molar-refractivity contribution in [3.8, 4) is 0 Å². The van der Waals surface area contributed by atoms with E-state index in [0.717, 1.165) is 24.1 Å². The lowest BCUT2D eigenvalue weighted by atomic mass is 10.0. The fourth-order valence-corrected chi connectivity index (χ4v) is 3.10. The van der Waals surface area contributed by atoms with Crippen molar-refractivity contribution in [3.63, 3.8) is 0 Å². The number of carbonyl (C=O) groups is 2. The summed E-state index contributed by atoms with van der Waals surface area (Å²) < 4.78 is 5.16. The molecule has 1 N–H and O–H groups in total. The van der Waals surface area contributed by atoms with E-state index in [-0.39, 0.29) is 17.9 Å². The van der Waals surface area contributed by atoms with Gasteiger partial charge in [0, 0.05) is 32.2 Å². The largest absolute Gasteiger partial charge is 0.361 e. The number of hydrogen-bond acceptors (Lipinski definition) is 5. The summed E-state index contributed by atoms with van der Waals surface area (Å²) in [4.78, 5) is 30.0. The van der Waals surface area contributed by atoms with E-state index in [2.05, 4.69) is 15.5 Å². The third-order valence-electron chi connectivity index (χ3n) is 4.38. The molecule has 1 saturated heterocycles. The number of nitrogens with one attached hydrogen (secondary N) is 1. The number of likely N-dealkylation sites (tertiary alicyclic amines) is 1. The van der Waals surface area contributed by atoms with Crippen molar-refractivity contribution < 1.29 is 14.1 Å². The van der Waals surface area contributed by atoms with Crippen LogP contribution < -0.4 is 5.32 Å². The molecule has 0 spiro atoms. The second kappa shape index (κ2) is 7.46. The van der Waals surface area contributed by atoms with Crippen LogP contribution in [-0.2, 0) is 17.8 Å². The molecule has 132 valence electrons. The molecule has 2 amide bonds. The Kier molecular flexibility index (Phi) is 5.11. The molecule has 2 aromatic heterocycles. The van der Waals surface area contributed by atoms with Gasteiger partial charge in [0.2, 0.25) is 5.91 Å². The van der Waals surface area contributed by atoms with Crippen molar-refractivity contribution >= 4 is 11.8 Å². The lowest BCUT2D eigenvalue weighted by molar-refractivity contribution is -0.119. The zero-order chi connectivity index (χ0) is 17.8. The first-order chi connectivity index (χ1) is 12.1. The summed E-state index contributed by atoms with van der Waals surface area (Å²) in [5, 5.41) is 6.64. The monoisotopic (exact) mass is 342 g/mol. The highest BCUT2D eigenvalue weighted by Crippen LogP contribution is 2.33. The molecule has 1 aliphatic rings. The van der Waals surface area contributed by atoms with E-state index < -0.39 is 0 Å². The lowest BCUT2D eigenvalue weighted by Crippen LogP contribution is -2.31. The molecule has 3 heterocycles. The number of amides is 2. The first kappa shape index (κ1) is 17.1. The van der Waals surface area contributed by atoms with Gasteiger partial charge in [0.1, 0.15) is 5.76 Å². The first-order valence-corrected chi connectivity index (χ1v) is 8.54. The second-order valence-electron chi connectivity index (χ2n) is 6.18. The normalized spacial score (nSPS) is 16.9. The highest BCUT2D eigenvalue weighted by molar-refractivity contribution is 5.92. The molecule has 1 atom stereocenters. The molecule has 0 bridgehead atoms. The van der Waals surface area contributed by atoms with Crippen molar-refractivity contribution in [1.82, 2.24) is 20.4 Å². The number of carbonyl (C=O) groups excluding carboxylic acids is 2. The highest BCUT2D eigenvalue weighted by Gasteiger charge is 2.32. The molecule has 0 unspecified atom stereocenters. The minimum absolute atomic E-state index is 0.00615. The fraction of sp³-hybridized carbons (Fsp3) is 0.444. The summed E-state index contributed by atoms with van der Waals surface area (Å²) in [5.41, 5.74) is 2.17. The Morgan fingerprint density at radius 1 is 1.40 bits per heavy atom. The van der Waals surface area contributed by atoms with Gasteiger partial charge >= 0.3 is 0 Å². The molecular weight excluding hydrogens is 320 g/mol. The number of pyridine rings is 1. The van der Waals surface area contributed by atoms with Gasteiger partial charge in [-0.3, -0.25) is 14.6 Å². The zero-order valence-corrected chi connectivity index (χ0v) is 14.5. The minimum Gasteiger partial charge on any atom is -0.361 e. The molecule has 0 aliphatic carbocycles. The maximum atomic E-state index is 12.8. The highest BCUT2D eigenvalue weighted by atomic mass is 16.5. The molecule has 1 aliphatic heterocycles. The third-order valence-corrected chi connectivity index (χ3v) is 4.38. The molecule has 7 nitrogen and oxygen atoms in total. The van der Waals surface area contributed by atoms with Crippen molar-refractivity contribution in [3.05, 3.63) is 47.1 Å². The van der Waals surface area contributed by atoms with Crippen LogP contribution in [0.15, 0.2) is 28.9 Å². The molecule has 0 radical (unpaired) electrons. The first-order valence-electron chi connectivity index (χ1n) is 8.54. The molecule has 3 rings (SSSR count). The SMILES string of the molecule is CCc1cc(C(=O)N2CCC[C@@H]2c2ccnc(CNC(C)=O)c2)no1. The quantitative estimate of drug-likeness (QED) is 0.900. The topological polar surface area (TPSA) is 88.3 Å². The fourth-order valence-electron chi connectivity index (χ4n) is 3.10. The minimum atomic E-state index is -0.105. The molecule has 7 heteroatoms. The van der Waals surface area contributed by atoms with E-state index in [4.69, 9.17) is 4.52 Å². The summed E-state index contributed by atoms with van der Waals surface area (Å²) in [6, 6.07) is 5.58. The van der Waals surface area contributed by atoms with Crippen LogP contribution in [0.1, 0.15) is 60.2 Å². The molecule has 0 saturated carbocycles. The van der Waals surface area contributed by atoms with Crippen LogP contribution in [0.3, 0.4) is 0 Å². The number of hydrogen-bond donors (Lipinski definition) is 1. The van der Waals surface area contributed by atoms with Crippen LogP contribution in [0.25, 0.3) is 0 Å². The van der Waals surface area contributed by atoms with Crippen molar-refractivity contribution in [2.45, 2.75) is 45.7 Å². The lowest BCUT2D eigenvalue weighted by Gasteiger charge is -2.24. The van der Waals surface area contributed by atoms with Gasteiger partial charge < -0.3 is 14.7 Å². The van der Waals surface area contributed by atoms with E-state index in [1.165, 1.54) is 6.92 Å². The average molecular weight is 342 g/mol. The van der Waals surface area contributed by atoms with E-state index in [1.54, 1.807) is 12.3 Å². The van der Waals surface area contributed by atoms with Crippen LogP contribution >= 0.6 is 0 Å². The van der Waals surface area contributed by atoms with E-state index in [9.17, 15) is 9.59 Å². The molecule has 25 heavy (non-hydrogen) atoms. The second-order valence-corrected chi connectivity index (χ2v) is 6.18. The summed E-state index contributed by atoms with van der Waals surface area (Å²) in [5.74, 6) is 0.509. The summed E-state index contributed by atoms with van der Waals surface area (Å²) in [6.07, 6.45) is 4.27. The van der Waals surface area contributed by atoms with E-state index >= 15 is 0 Å². The van der Waals surface area contributed by atoms with Gasteiger partial charge in [-0.1, -0.05) is 12.1 Å². The Morgan fingerprint density at radius 2 is 2.24 bits per heavy atom. The van der Waals surface area contributed by atoms with Crippen LogP contribution in [0.2, 0.25) is 0 Å². The number of rotatable bonds is 5. The summed E-state index contributed by atoms with van der Waals surface area (Å²) in [7, 11) is 0. The van der Waals surface area contributed by atoms with Crippen LogP contribution in [0, 0.1) is 0 Å². The number of nitrogens with zero attached hydrogens (tertiary/aromatic N) is 3. The Morgan fingerprint density at radius 3 is 2.96 bits per heavy atom. The zero-order valence-electron chi connectivity index (χ0n) is 14.5. The average Bonchev–Trinajstić information content (AvgIpc) is 3.28. The Bertz CT molecular complexity index is 771.